The maximum Gasteiger partial charge on any atom is 0.251 e. The van der Waals surface area contributed by atoms with Gasteiger partial charge < -0.3 is 15.2 Å². The van der Waals surface area contributed by atoms with Crippen LogP contribution >= 0.6 is 0 Å². The van der Waals surface area contributed by atoms with Gasteiger partial charge in [-0.15, -0.1) is 0 Å². The van der Waals surface area contributed by atoms with Crippen molar-refractivity contribution in [2.24, 2.45) is 0 Å². The number of hydrogen-bond donors (Lipinski definition) is 2. The van der Waals surface area contributed by atoms with Crippen LogP contribution in [0.1, 0.15) is 38.6 Å². The van der Waals surface area contributed by atoms with Crippen molar-refractivity contribution in [3.8, 4) is 11.4 Å². The molecule has 1 aliphatic rings. The highest BCUT2D eigenvalue weighted by atomic mass is 16.5. The number of amides is 1. The normalized spacial score (nSPS) is 13.2. The lowest BCUT2D eigenvalue weighted by Crippen LogP contribution is -2.25. The molecule has 7 heteroatoms. The van der Waals surface area contributed by atoms with Crippen molar-refractivity contribution in [2.45, 2.75) is 33.2 Å². The molecule has 0 atom stereocenters. The Kier molecular flexibility index (Phi) is 5.16. The molecule has 0 saturated heterocycles. The Morgan fingerprint density at radius 2 is 2.07 bits per heavy atom. The van der Waals surface area contributed by atoms with E-state index in [0.29, 0.717) is 30.2 Å². The first-order valence-corrected chi connectivity index (χ1v) is 9.47. The van der Waals surface area contributed by atoms with Gasteiger partial charge in [0.1, 0.15) is 0 Å². The third kappa shape index (κ3) is 3.80. The zero-order valence-electron chi connectivity index (χ0n) is 16.1. The van der Waals surface area contributed by atoms with Crippen LogP contribution in [0.15, 0.2) is 35.0 Å². The summed E-state index contributed by atoms with van der Waals surface area (Å²) in [5.41, 5.74) is 6.06. The van der Waals surface area contributed by atoms with E-state index in [1.165, 1.54) is 11.1 Å². The average molecular weight is 377 g/mol. The van der Waals surface area contributed by atoms with Crippen molar-refractivity contribution >= 4 is 5.91 Å². The minimum atomic E-state index is -0.107. The maximum atomic E-state index is 12.2. The Hall–Kier alpha value is -3.06. The number of carbonyl (C=O) groups is 1. The van der Waals surface area contributed by atoms with Gasteiger partial charge in [-0.1, -0.05) is 22.9 Å². The van der Waals surface area contributed by atoms with Crippen LogP contribution in [0.25, 0.3) is 11.4 Å². The second kappa shape index (κ2) is 7.90. The quantitative estimate of drug-likeness (QED) is 0.709. The molecule has 3 aromatic rings. The highest BCUT2D eigenvalue weighted by Gasteiger charge is 2.21. The van der Waals surface area contributed by atoms with E-state index in [-0.39, 0.29) is 5.91 Å². The third-order valence-electron chi connectivity index (χ3n) is 4.96. The van der Waals surface area contributed by atoms with Gasteiger partial charge in [0.2, 0.25) is 11.7 Å². The monoisotopic (exact) mass is 377 g/mol. The fraction of sp³-hybridized carbons (Fsp3) is 0.333. The minimum Gasteiger partial charge on any atom is -0.352 e. The molecule has 0 saturated carbocycles. The van der Waals surface area contributed by atoms with Crippen LogP contribution in [-0.4, -0.2) is 34.1 Å². The Morgan fingerprint density at radius 3 is 2.89 bits per heavy atom. The second-order valence-corrected chi connectivity index (χ2v) is 7.03. The van der Waals surface area contributed by atoms with Gasteiger partial charge in [0, 0.05) is 42.5 Å². The molecule has 7 nitrogen and oxygen atoms in total. The highest BCUT2D eigenvalue weighted by Crippen LogP contribution is 2.28. The number of rotatable bonds is 5. The molecule has 1 aromatic carbocycles. The molecular formula is C21H23N5O2. The van der Waals surface area contributed by atoms with Gasteiger partial charge in [0.15, 0.2) is 0 Å². The third-order valence-corrected chi connectivity index (χ3v) is 4.96. The number of benzene rings is 1. The molecule has 0 unspecified atom stereocenters. The molecule has 0 bridgehead atoms. The molecule has 1 amide bonds. The van der Waals surface area contributed by atoms with E-state index in [1.807, 2.05) is 44.3 Å². The van der Waals surface area contributed by atoms with E-state index in [4.69, 9.17) is 4.52 Å². The van der Waals surface area contributed by atoms with Crippen LogP contribution in [0.3, 0.4) is 0 Å². The first kappa shape index (κ1) is 18.3. The summed E-state index contributed by atoms with van der Waals surface area (Å²) < 4.78 is 5.41. The summed E-state index contributed by atoms with van der Waals surface area (Å²) in [6, 6.07) is 7.48. The first-order valence-electron chi connectivity index (χ1n) is 9.47. The average Bonchev–Trinajstić information content (AvgIpc) is 3.16. The van der Waals surface area contributed by atoms with Crippen molar-refractivity contribution in [1.29, 1.82) is 0 Å². The SMILES string of the molecule is Cc1ccc(C(=O)NCCc2nc(-c3c(C)ncc4c3CCNC4)no2)cc1. The first-order chi connectivity index (χ1) is 13.6. The predicted octanol–water partition coefficient (Wildman–Crippen LogP) is 2.37. The van der Waals surface area contributed by atoms with Crippen molar-refractivity contribution in [3.05, 3.63) is 64.3 Å². The summed E-state index contributed by atoms with van der Waals surface area (Å²) in [6.07, 6.45) is 3.32. The Morgan fingerprint density at radius 1 is 1.25 bits per heavy atom. The number of pyridine rings is 1. The van der Waals surface area contributed by atoms with Crippen LogP contribution in [0.5, 0.6) is 0 Å². The predicted molar refractivity (Wildman–Crippen MR) is 105 cm³/mol. The zero-order chi connectivity index (χ0) is 19.5. The molecule has 28 heavy (non-hydrogen) atoms. The molecule has 0 aliphatic carbocycles. The van der Waals surface area contributed by atoms with Gasteiger partial charge in [-0.05, 0) is 50.1 Å². The van der Waals surface area contributed by atoms with Gasteiger partial charge in [-0.2, -0.15) is 4.98 Å². The van der Waals surface area contributed by atoms with Gasteiger partial charge in [0.05, 0.1) is 0 Å². The number of fused-ring (bicyclic) bond motifs is 1. The number of aryl methyl sites for hydroxylation is 2. The van der Waals surface area contributed by atoms with Gasteiger partial charge >= 0.3 is 0 Å². The summed E-state index contributed by atoms with van der Waals surface area (Å²) in [7, 11) is 0. The van der Waals surface area contributed by atoms with E-state index >= 15 is 0 Å². The number of nitrogens with zero attached hydrogens (tertiary/aromatic N) is 3. The zero-order valence-corrected chi connectivity index (χ0v) is 16.1. The lowest BCUT2D eigenvalue weighted by Gasteiger charge is -2.19. The molecule has 4 rings (SSSR count). The molecule has 0 radical (unpaired) electrons. The highest BCUT2D eigenvalue weighted by molar-refractivity contribution is 5.94. The topological polar surface area (TPSA) is 92.9 Å². The molecule has 0 spiro atoms. The molecule has 2 N–H and O–H groups in total. The standard InChI is InChI=1S/C21H23N5O2/c1-13-3-5-15(6-4-13)21(27)23-10-8-18-25-20(26-28-18)19-14(2)24-12-16-11-22-9-7-17(16)19/h3-6,12,22H,7-11H2,1-2H3,(H,23,27). The van der Waals surface area contributed by atoms with E-state index in [2.05, 4.69) is 25.8 Å². The largest absolute Gasteiger partial charge is 0.352 e. The molecular weight excluding hydrogens is 354 g/mol. The van der Waals surface area contributed by atoms with E-state index in [0.717, 1.165) is 36.3 Å². The summed E-state index contributed by atoms with van der Waals surface area (Å²) in [6.45, 7) is 6.13. The van der Waals surface area contributed by atoms with Gasteiger partial charge in [-0.3, -0.25) is 9.78 Å². The number of carbonyl (C=O) groups excluding carboxylic acids is 1. The molecule has 0 fully saturated rings. The summed E-state index contributed by atoms with van der Waals surface area (Å²) in [5.74, 6) is 0.971. The van der Waals surface area contributed by atoms with Crippen molar-refractivity contribution in [2.75, 3.05) is 13.1 Å². The summed E-state index contributed by atoms with van der Waals surface area (Å²) in [4.78, 5) is 21.2. The fourth-order valence-corrected chi connectivity index (χ4v) is 3.42. The Labute approximate surface area is 163 Å². The lowest BCUT2D eigenvalue weighted by molar-refractivity contribution is 0.0953. The minimum absolute atomic E-state index is 0.107. The van der Waals surface area contributed by atoms with Crippen LogP contribution in [0, 0.1) is 13.8 Å². The second-order valence-electron chi connectivity index (χ2n) is 7.03. The lowest BCUT2D eigenvalue weighted by atomic mass is 9.95. The number of nitrogens with one attached hydrogen (secondary N) is 2. The van der Waals surface area contributed by atoms with E-state index < -0.39 is 0 Å². The van der Waals surface area contributed by atoms with Crippen LogP contribution < -0.4 is 10.6 Å². The smallest absolute Gasteiger partial charge is 0.251 e. The molecule has 3 heterocycles. The summed E-state index contributed by atoms with van der Waals surface area (Å²) in [5, 5.41) is 10.4. The van der Waals surface area contributed by atoms with Crippen LogP contribution in [0.2, 0.25) is 0 Å². The Bertz CT molecular complexity index is 995. The maximum absolute atomic E-state index is 12.2. The molecule has 1 aliphatic heterocycles. The van der Waals surface area contributed by atoms with Crippen LogP contribution in [0.4, 0.5) is 0 Å². The Balaban J connectivity index is 1.43. The molecule has 144 valence electrons. The van der Waals surface area contributed by atoms with Crippen molar-refractivity contribution < 1.29 is 9.32 Å². The van der Waals surface area contributed by atoms with Crippen molar-refractivity contribution in [3.63, 3.8) is 0 Å². The number of hydrogen-bond acceptors (Lipinski definition) is 6. The fourth-order valence-electron chi connectivity index (χ4n) is 3.42. The van der Waals surface area contributed by atoms with E-state index in [9.17, 15) is 4.79 Å². The van der Waals surface area contributed by atoms with Gasteiger partial charge in [-0.25, -0.2) is 0 Å². The van der Waals surface area contributed by atoms with Crippen LogP contribution in [-0.2, 0) is 19.4 Å². The van der Waals surface area contributed by atoms with Gasteiger partial charge in [0.25, 0.3) is 5.91 Å². The number of aromatic nitrogens is 3. The summed E-state index contributed by atoms with van der Waals surface area (Å²) >= 11 is 0. The van der Waals surface area contributed by atoms with Crippen molar-refractivity contribution in [1.82, 2.24) is 25.8 Å². The van der Waals surface area contributed by atoms with E-state index in [1.54, 1.807) is 0 Å². The molecule has 2 aromatic heterocycles.